The fourth-order valence-corrected chi connectivity index (χ4v) is 4.00. The molecule has 1 aliphatic rings. The zero-order valence-electron chi connectivity index (χ0n) is 12.0. The maximum Gasteiger partial charge on any atom is 0.0300 e. The summed E-state index contributed by atoms with van der Waals surface area (Å²) in [7, 11) is 0. The summed E-state index contributed by atoms with van der Waals surface area (Å²) in [5.74, 6) is 1.59. The molecule has 1 aromatic heterocycles. The Kier molecular flexibility index (Phi) is 4.63. The highest BCUT2D eigenvalue weighted by atomic mass is 32.1. The molecule has 1 nitrogen and oxygen atoms in total. The largest absolute Gasteiger partial charge is 0.312 e. The second-order valence-corrected chi connectivity index (χ2v) is 7.22. The Hall–Kier alpha value is -0.600. The predicted molar refractivity (Wildman–Crippen MR) is 81.1 cm³/mol. The summed E-state index contributed by atoms with van der Waals surface area (Å²) in [6.45, 7) is 11.2. The van der Waals surface area contributed by atoms with E-state index in [2.05, 4.69) is 45.2 Å². The highest BCUT2D eigenvalue weighted by Crippen LogP contribution is 2.27. The SMILES string of the molecule is CC1=CC(C)CC(CNCc2cc(C)c(C)s2)C1. The maximum atomic E-state index is 3.64. The molecule has 0 saturated heterocycles. The van der Waals surface area contributed by atoms with Crippen molar-refractivity contribution < 1.29 is 0 Å². The number of hydrogen-bond donors (Lipinski definition) is 1. The van der Waals surface area contributed by atoms with Crippen molar-refractivity contribution in [3.63, 3.8) is 0 Å². The monoisotopic (exact) mass is 263 g/mol. The lowest BCUT2D eigenvalue weighted by Gasteiger charge is -2.25. The second-order valence-electron chi connectivity index (χ2n) is 5.88. The minimum Gasteiger partial charge on any atom is -0.312 e. The number of hydrogen-bond acceptors (Lipinski definition) is 2. The summed E-state index contributed by atoms with van der Waals surface area (Å²) in [6.07, 6.45) is 5.05. The molecular formula is C16H25NS. The average molecular weight is 263 g/mol. The first-order valence-electron chi connectivity index (χ1n) is 6.98. The third-order valence-electron chi connectivity index (χ3n) is 3.83. The summed E-state index contributed by atoms with van der Waals surface area (Å²) in [5, 5.41) is 3.64. The van der Waals surface area contributed by atoms with Gasteiger partial charge in [-0.15, -0.1) is 11.3 Å². The molecule has 18 heavy (non-hydrogen) atoms. The quantitative estimate of drug-likeness (QED) is 0.792. The van der Waals surface area contributed by atoms with Gasteiger partial charge in [-0.2, -0.15) is 0 Å². The van der Waals surface area contributed by atoms with Gasteiger partial charge in [0.05, 0.1) is 0 Å². The molecule has 0 spiro atoms. The number of nitrogens with one attached hydrogen (secondary N) is 1. The molecule has 0 fully saturated rings. The molecule has 0 radical (unpaired) electrons. The Morgan fingerprint density at radius 3 is 2.72 bits per heavy atom. The van der Waals surface area contributed by atoms with Gasteiger partial charge in [-0.1, -0.05) is 18.6 Å². The van der Waals surface area contributed by atoms with Crippen LogP contribution >= 0.6 is 11.3 Å². The van der Waals surface area contributed by atoms with Gasteiger partial charge < -0.3 is 5.32 Å². The Morgan fingerprint density at radius 2 is 2.11 bits per heavy atom. The Balaban J connectivity index is 1.77. The fraction of sp³-hybridized carbons (Fsp3) is 0.625. The van der Waals surface area contributed by atoms with Gasteiger partial charge in [0.25, 0.3) is 0 Å². The van der Waals surface area contributed by atoms with Crippen molar-refractivity contribution >= 4 is 11.3 Å². The van der Waals surface area contributed by atoms with E-state index in [9.17, 15) is 0 Å². The van der Waals surface area contributed by atoms with Gasteiger partial charge in [0.15, 0.2) is 0 Å². The van der Waals surface area contributed by atoms with Gasteiger partial charge >= 0.3 is 0 Å². The van der Waals surface area contributed by atoms with Crippen LogP contribution in [0.4, 0.5) is 0 Å². The van der Waals surface area contributed by atoms with E-state index in [0.717, 1.165) is 24.9 Å². The molecule has 2 heteroatoms. The number of aryl methyl sites for hydroxylation is 2. The van der Waals surface area contributed by atoms with Crippen LogP contribution in [0.3, 0.4) is 0 Å². The summed E-state index contributed by atoms with van der Waals surface area (Å²) in [4.78, 5) is 2.93. The van der Waals surface area contributed by atoms with Crippen molar-refractivity contribution in [3.05, 3.63) is 33.0 Å². The third-order valence-corrected chi connectivity index (χ3v) is 4.99. The van der Waals surface area contributed by atoms with Crippen LogP contribution in [0.5, 0.6) is 0 Å². The van der Waals surface area contributed by atoms with Crippen LogP contribution in [0.2, 0.25) is 0 Å². The zero-order valence-corrected chi connectivity index (χ0v) is 12.9. The van der Waals surface area contributed by atoms with Crippen molar-refractivity contribution in [2.45, 2.75) is 47.1 Å². The molecule has 100 valence electrons. The second kappa shape index (κ2) is 6.03. The first kappa shape index (κ1) is 13.8. The molecule has 1 N–H and O–H groups in total. The van der Waals surface area contributed by atoms with E-state index >= 15 is 0 Å². The lowest BCUT2D eigenvalue weighted by molar-refractivity contribution is 0.381. The van der Waals surface area contributed by atoms with Crippen molar-refractivity contribution in [3.8, 4) is 0 Å². The Labute approximate surface area is 115 Å². The standard InChI is InChI=1S/C16H25NS/c1-11-5-12(2)7-15(6-11)9-17-10-16-8-13(3)14(4)18-16/h5,8,11,15,17H,6-7,9-10H2,1-4H3. The third kappa shape index (κ3) is 3.69. The predicted octanol–water partition coefficient (Wildman–Crippen LogP) is 4.45. The van der Waals surface area contributed by atoms with Gasteiger partial charge in [-0.3, -0.25) is 0 Å². The molecule has 0 bridgehead atoms. The lowest BCUT2D eigenvalue weighted by atomic mass is 9.84. The molecular weight excluding hydrogens is 238 g/mol. The Bertz CT molecular complexity index is 411. The summed E-state index contributed by atoms with van der Waals surface area (Å²) in [6, 6.07) is 2.32. The van der Waals surface area contributed by atoms with Crippen molar-refractivity contribution in [1.29, 1.82) is 0 Å². The first-order valence-corrected chi connectivity index (χ1v) is 7.80. The fourth-order valence-electron chi connectivity index (χ4n) is 2.98. The van der Waals surface area contributed by atoms with E-state index in [1.165, 1.54) is 28.2 Å². The first-order chi connectivity index (χ1) is 8.54. The van der Waals surface area contributed by atoms with Crippen molar-refractivity contribution in [2.24, 2.45) is 11.8 Å². The molecule has 0 aromatic carbocycles. The van der Waals surface area contributed by atoms with Gasteiger partial charge in [-0.05, 0) is 63.6 Å². The van der Waals surface area contributed by atoms with E-state index < -0.39 is 0 Å². The molecule has 0 amide bonds. The summed E-state index contributed by atoms with van der Waals surface area (Å²) in [5.41, 5.74) is 3.00. The van der Waals surface area contributed by atoms with Crippen molar-refractivity contribution in [2.75, 3.05) is 6.54 Å². The number of allylic oxidation sites excluding steroid dienone is 2. The van der Waals surface area contributed by atoms with Crippen LogP contribution in [-0.4, -0.2) is 6.54 Å². The van der Waals surface area contributed by atoms with Gasteiger partial charge in [0.2, 0.25) is 0 Å². The van der Waals surface area contributed by atoms with E-state index in [1.54, 1.807) is 5.57 Å². The van der Waals surface area contributed by atoms with Crippen LogP contribution < -0.4 is 5.32 Å². The van der Waals surface area contributed by atoms with Crippen molar-refractivity contribution in [1.82, 2.24) is 5.32 Å². The lowest BCUT2D eigenvalue weighted by Crippen LogP contribution is -2.25. The molecule has 2 rings (SSSR count). The van der Waals surface area contributed by atoms with Gasteiger partial charge in [0.1, 0.15) is 0 Å². The summed E-state index contributed by atoms with van der Waals surface area (Å²) < 4.78 is 0. The molecule has 1 aromatic rings. The minimum atomic E-state index is 0.761. The van der Waals surface area contributed by atoms with E-state index in [0.29, 0.717) is 0 Å². The summed E-state index contributed by atoms with van der Waals surface area (Å²) >= 11 is 1.93. The molecule has 0 saturated carbocycles. The van der Waals surface area contributed by atoms with Crippen LogP contribution in [0.15, 0.2) is 17.7 Å². The highest BCUT2D eigenvalue weighted by Gasteiger charge is 2.17. The van der Waals surface area contributed by atoms with Crippen LogP contribution in [0, 0.1) is 25.7 Å². The van der Waals surface area contributed by atoms with E-state index in [-0.39, 0.29) is 0 Å². The zero-order chi connectivity index (χ0) is 13.1. The topological polar surface area (TPSA) is 12.0 Å². The number of thiophene rings is 1. The van der Waals surface area contributed by atoms with Crippen LogP contribution in [0.1, 0.15) is 42.0 Å². The van der Waals surface area contributed by atoms with Crippen LogP contribution in [0.25, 0.3) is 0 Å². The smallest absolute Gasteiger partial charge is 0.0300 e. The molecule has 2 unspecified atom stereocenters. The highest BCUT2D eigenvalue weighted by molar-refractivity contribution is 7.12. The Morgan fingerprint density at radius 1 is 1.33 bits per heavy atom. The number of rotatable bonds is 4. The normalized spacial score (nSPS) is 24.1. The van der Waals surface area contributed by atoms with Gasteiger partial charge in [0, 0.05) is 16.3 Å². The molecule has 1 aliphatic carbocycles. The van der Waals surface area contributed by atoms with Gasteiger partial charge in [-0.25, -0.2) is 0 Å². The minimum absolute atomic E-state index is 0.761. The molecule has 1 heterocycles. The maximum absolute atomic E-state index is 3.64. The average Bonchev–Trinajstić information content (AvgIpc) is 2.57. The molecule has 0 aliphatic heterocycles. The van der Waals surface area contributed by atoms with E-state index in [1.807, 2.05) is 11.3 Å². The van der Waals surface area contributed by atoms with E-state index in [4.69, 9.17) is 0 Å². The molecule has 2 atom stereocenters. The van der Waals surface area contributed by atoms with Crippen LogP contribution in [-0.2, 0) is 6.54 Å².